The summed E-state index contributed by atoms with van der Waals surface area (Å²) in [5, 5.41) is 3.15. The Bertz CT molecular complexity index is 1310. The summed E-state index contributed by atoms with van der Waals surface area (Å²) in [5.74, 6) is -0.316. The summed E-state index contributed by atoms with van der Waals surface area (Å²) in [4.78, 5) is 40.2. The molecule has 0 saturated heterocycles. The summed E-state index contributed by atoms with van der Waals surface area (Å²) in [6.07, 6.45) is -0.607. The topological polar surface area (TPSA) is 108 Å². The predicted molar refractivity (Wildman–Crippen MR) is 123 cm³/mol. The fraction of sp³-hybridized carbons (Fsp3) is 0.182. The number of hydrogen-bond donors (Lipinski definition) is 1. The van der Waals surface area contributed by atoms with Gasteiger partial charge in [-0.05, 0) is 31.2 Å². The van der Waals surface area contributed by atoms with E-state index in [1.165, 1.54) is 35.2 Å². The summed E-state index contributed by atoms with van der Waals surface area (Å²) >= 11 is 2.83. The maximum Gasteiger partial charge on any atom is 0.411 e. The molecule has 0 aliphatic carbocycles. The molecule has 1 amide bonds. The number of anilines is 1. The van der Waals surface area contributed by atoms with Crippen LogP contribution in [-0.2, 0) is 20.9 Å². The third-order valence-electron chi connectivity index (χ3n) is 4.33. The number of para-hydroxylation sites is 1. The number of rotatable bonds is 7. The first kappa shape index (κ1) is 21.8. The molecular weight excluding hydrogens is 452 g/mol. The van der Waals surface area contributed by atoms with Gasteiger partial charge in [-0.1, -0.05) is 23.9 Å². The number of thiazole rings is 1. The summed E-state index contributed by atoms with van der Waals surface area (Å²) < 4.78 is 17.3. The zero-order chi connectivity index (χ0) is 22.5. The van der Waals surface area contributed by atoms with E-state index in [-0.39, 0.29) is 24.5 Å². The van der Waals surface area contributed by atoms with E-state index < -0.39 is 17.7 Å². The number of amides is 1. The number of carbonyl (C=O) groups excluding carboxylic acids is 2. The lowest BCUT2D eigenvalue weighted by atomic mass is 10.1. The van der Waals surface area contributed by atoms with Crippen LogP contribution in [0.4, 0.5) is 10.5 Å². The number of benzene rings is 2. The van der Waals surface area contributed by atoms with E-state index in [9.17, 15) is 14.4 Å². The van der Waals surface area contributed by atoms with Gasteiger partial charge in [0, 0.05) is 28.8 Å². The Labute approximate surface area is 190 Å². The van der Waals surface area contributed by atoms with Crippen molar-refractivity contribution in [2.75, 3.05) is 17.7 Å². The predicted octanol–water partition coefficient (Wildman–Crippen LogP) is 4.81. The minimum Gasteiger partial charge on any atom is -0.460 e. The fourth-order valence-electron chi connectivity index (χ4n) is 2.95. The first-order valence-electron chi connectivity index (χ1n) is 9.66. The summed E-state index contributed by atoms with van der Waals surface area (Å²) in [6, 6.07) is 13.9. The number of nitrogens with zero attached hydrogens (tertiary/aromatic N) is 1. The average molecular weight is 471 g/mol. The van der Waals surface area contributed by atoms with Gasteiger partial charge in [-0.2, -0.15) is 0 Å². The minimum atomic E-state index is -0.607. The highest BCUT2D eigenvalue weighted by atomic mass is 32.2. The molecule has 1 N–H and O–H groups in total. The standard InChI is InChI=1S/C22H18N2O6S2/c1-2-28-21(27)23-14-7-8-15-13(9-19(25)30-17(15)10-14)11-29-20(26)12-31-22-24-16-5-3-4-6-18(16)32-22/h3-10H,2,11-12H2,1H3,(H,23,27). The van der Waals surface area contributed by atoms with Gasteiger partial charge in [0.05, 0.1) is 22.6 Å². The van der Waals surface area contributed by atoms with Crippen molar-refractivity contribution < 1.29 is 23.5 Å². The summed E-state index contributed by atoms with van der Waals surface area (Å²) in [7, 11) is 0. The van der Waals surface area contributed by atoms with Crippen LogP contribution in [0.25, 0.3) is 21.2 Å². The second-order valence-electron chi connectivity index (χ2n) is 6.54. The summed E-state index contributed by atoms with van der Waals surface area (Å²) in [5.41, 5.74) is 1.51. The Morgan fingerprint density at radius 3 is 2.81 bits per heavy atom. The van der Waals surface area contributed by atoms with Gasteiger partial charge in [-0.25, -0.2) is 14.6 Å². The fourth-order valence-corrected chi connectivity index (χ4v) is 4.81. The van der Waals surface area contributed by atoms with Gasteiger partial charge in [-0.15, -0.1) is 11.3 Å². The molecule has 4 rings (SSSR count). The van der Waals surface area contributed by atoms with Crippen molar-refractivity contribution in [3.05, 3.63) is 64.5 Å². The first-order chi connectivity index (χ1) is 15.5. The molecule has 0 saturated carbocycles. The van der Waals surface area contributed by atoms with Crippen molar-refractivity contribution in [1.82, 2.24) is 4.98 Å². The van der Waals surface area contributed by atoms with E-state index in [4.69, 9.17) is 13.9 Å². The van der Waals surface area contributed by atoms with Crippen molar-refractivity contribution >= 4 is 62.0 Å². The van der Waals surface area contributed by atoms with Crippen LogP contribution in [0.5, 0.6) is 0 Å². The Balaban J connectivity index is 1.41. The molecule has 2 heterocycles. The lowest BCUT2D eigenvalue weighted by Gasteiger charge is -2.09. The van der Waals surface area contributed by atoms with Gasteiger partial charge < -0.3 is 13.9 Å². The normalized spacial score (nSPS) is 10.9. The van der Waals surface area contributed by atoms with Crippen LogP contribution < -0.4 is 10.9 Å². The smallest absolute Gasteiger partial charge is 0.411 e. The van der Waals surface area contributed by atoms with E-state index in [1.54, 1.807) is 19.1 Å². The van der Waals surface area contributed by atoms with Gasteiger partial charge in [0.15, 0.2) is 4.34 Å². The molecule has 0 aliphatic rings. The Kier molecular flexibility index (Phi) is 6.72. The molecule has 8 nitrogen and oxygen atoms in total. The lowest BCUT2D eigenvalue weighted by Crippen LogP contribution is -2.13. The van der Waals surface area contributed by atoms with Crippen LogP contribution in [0.2, 0.25) is 0 Å². The maximum absolute atomic E-state index is 12.2. The number of nitrogens with one attached hydrogen (secondary N) is 1. The zero-order valence-corrected chi connectivity index (χ0v) is 18.6. The van der Waals surface area contributed by atoms with Crippen molar-refractivity contribution in [2.24, 2.45) is 0 Å². The SMILES string of the molecule is CCOC(=O)Nc1ccc2c(COC(=O)CSc3nc4ccccc4s3)cc(=O)oc2c1. The molecule has 32 heavy (non-hydrogen) atoms. The van der Waals surface area contributed by atoms with Crippen molar-refractivity contribution in [3.8, 4) is 0 Å². The number of thioether (sulfide) groups is 1. The molecule has 0 unspecified atom stereocenters. The summed E-state index contributed by atoms with van der Waals surface area (Å²) in [6.45, 7) is 1.86. The number of hydrogen-bond acceptors (Lipinski definition) is 9. The molecule has 0 atom stereocenters. The number of ether oxygens (including phenoxy) is 2. The second kappa shape index (κ2) is 9.84. The number of esters is 1. The third-order valence-corrected chi connectivity index (χ3v) is 6.48. The van der Waals surface area contributed by atoms with Crippen molar-refractivity contribution in [3.63, 3.8) is 0 Å². The highest BCUT2D eigenvalue weighted by Gasteiger charge is 2.12. The van der Waals surface area contributed by atoms with Crippen LogP contribution in [0.1, 0.15) is 12.5 Å². The molecule has 0 spiro atoms. The molecule has 0 radical (unpaired) electrons. The molecule has 0 bridgehead atoms. The molecular formula is C22H18N2O6S2. The van der Waals surface area contributed by atoms with E-state index >= 15 is 0 Å². The lowest BCUT2D eigenvalue weighted by molar-refractivity contribution is -0.141. The van der Waals surface area contributed by atoms with E-state index in [0.29, 0.717) is 16.6 Å². The molecule has 2 aromatic carbocycles. The Morgan fingerprint density at radius 1 is 1.16 bits per heavy atom. The van der Waals surface area contributed by atoms with Crippen LogP contribution in [0, 0.1) is 0 Å². The van der Waals surface area contributed by atoms with Crippen LogP contribution in [-0.4, -0.2) is 29.4 Å². The Hall–Kier alpha value is -3.37. The van der Waals surface area contributed by atoms with Gasteiger partial charge in [-0.3, -0.25) is 10.1 Å². The van der Waals surface area contributed by atoms with Crippen LogP contribution in [0.15, 0.2) is 62.1 Å². The third kappa shape index (κ3) is 5.27. The van der Waals surface area contributed by atoms with Gasteiger partial charge >= 0.3 is 17.7 Å². The molecule has 164 valence electrons. The van der Waals surface area contributed by atoms with Crippen LogP contribution in [0.3, 0.4) is 0 Å². The second-order valence-corrected chi connectivity index (χ2v) is 8.80. The monoisotopic (exact) mass is 470 g/mol. The Morgan fingerprint density at radius 2 is 2.00 bits per heavy atom. The van der Waals surface area contributed by atoms with Crippen molar-refractivity contribution in [1.29, 1.82) is 0 Å². The molecule has 10 heteroatoms. The van der Waals surface area contributed by atoms with Gasteiger partial charge in [0.25, 0.3) is 0 Å². The zero-order valence-electron chi connectivity index (χ0n) is 17.0. The number of fused-ring (bicyclic) bond motifs is 2. The van der Waals surface area contributed by atoms with E-state index in [0.717, 1.165) is 14.6 Å². The average Bonchev–Trinajstić information content (AvgIpc) is 3.19. The number of carbonyl (C=O) groups is 2. The van der Waals surface area contributed by atoms with Crippen LogP contribution >= 0.6 is 23.1 Å². The molecule has 2 aromatic heterocycles. The van der Waals surface area contributed by atoms with Crippen molar-refractivity contribution in [2.45, 2.75) is 17.9 Å². The minimum absolute atomic E-state index is 0.0774. The number of aromatic nitrogens is 1. The first-order valence-corrected chi connectivity index (χ1v) is 11.5. The highest BCUT2D eigenvalue weighted by Crippen LogP contribution is 2.29. The largest absolute Gasteiger partial charge is 0.460 e. The quantitative estimate of drug-likeness (QED) is 0.233. The highest BCUT2D eigenvalue weighted by molar-refractivity contribution is 8.01. The van der Waals surface area contributed by atoms with E-state index in [2.05, 4.69) is 10.3 Å². The van der Waals surface area contributed by atoms with Gasteiger partial charge in [0.2, 0.25) is 0 Å². The molecule has 0 fully saturated rings. The molecule has 4 aromatic rings. The maximum atomic E-state index is 12.2. The van der Waals surface area contributed by atoms with E-state index in [1.807, 2.05) is 24.3 Å². The van der Waals surface area contributed by atoms with Gasteiger partial charge in [0.1, 0.15) is 12.2 Å². The molecule has 0 aliphatic heterocycles.